The number of aryl methyl sites for hydroxylation is 2. The van der Waals surface area contributed by atoms with Crippen molar-refractivity contribution < 1.29 is 0 Å². The van der Waals surface area contributed by atoms with Crippen LogP contribution in [0.15, 0.2) is 54.6 Å². The van der Waals surface area contributed by atoms with E-state index in [1.165, 1.54) is 5.56 Å². The maximum absolute atomic E-state index is 5.77. The van der Waals surface area contributed by atoms with Crippen LogP contribution in [0.5, 0.6) is 0 Å². The first-order valence-electron chi connectivity index (χ1n) is 6.99. The van der Waals surface area contributed by atoms with Crippen LogP contribution in [0.4, 0.5) is 5.69 Å². The van der Waals surface area contributed by atoms with Gasteiger partial charge in [0, 0.05) is 11.3 Å². The summed E-state index contributed by atoms with van der Waals surface area (Å²) in [6.07, 6.45) is 1.90. The SMILES string of the molecule is Nc1cccc(CCCn2nnc(-c3ccccc3)n2)c1. The summed E-state index contributed by atoms with van der Waals surface area (Å²) < 4.78 is 0. The van der Waals surface area contributed by atoms with E-state index in [4.69, 9.17) is 5.73 Å². The van der Waals surface area contributed by atoms with Crippen molar-refractivity contribution in [2.75, 3.05) is 5.73 Å². The molecule has 0 atom stereocenters. The summed E-state index contributed by atoms with van der Waals surface area (Å²) in [5, 5.41) is 12.6. The van der Waals surface area contributed by atoms with E-state index in [9.17, 15) is 0 Å². The average Bonchev–Trinajstić information content (AvgIpc) is 2.97. The monoisotopic (exact) mass is 279 g/mol. The van der Waals surface area contributed by atoms with E-state index < -0.39 is 0 Å². The summed E-state index contributed by atoms with van der Waals surface area (Å²) in [5.41, 5.74) is 8.79. The number of rotatable bonds is 5. The number of nitrogens with zero attached hydrogens (tertiary/aromatic N) is 4. The maximum Gasteiger partial charge on any atom is 0.204 e. The zero-order chi connectivity index (χ0) is 14.5. The molecule has 3 rings (SSSR count). The van der Waals surface area contributed by atoms with E-state index in [0.29, 0.717) is 5.82 Å². The molecule has 5 heteroatoms. The maximum atomic E-state index is 5.77. The Balaban J connectivity index is 1.58. The smallest absolute Gasteiger partial charge is 0.204 e. The van der Waals surface area contributed by atoms with Gasteiger partial charge in [0.2, 0.25) is 5.82 Å². The standard InChI is InChI=1S/C16H17N5/c17-15-10-4-6-13(12-15)7-5-11-21-19-16(18-20-21)14-8-2-1-3-9-14/h1-4,6,8-10,12H,5,7,11,17H2. The molecule has 0 aliphatic carbocycles. The zero-order valence-electron chi connectivity index (χ0n) is 11.7. The van der Waals surface area contributed by atoms with Crippen LogP contribution in [0.25, 0.3) is 11.4 Å². The molecule has 1 aromatic heterocycles. The highest BCUT2D eigenvalue weighted by Crippen LogP contribution is 2.12. The van der Waals surface area contributed by atoms with Gasteiger partial charge in [0.1, 0.15) is 0 Å². The minimum Gasteiger partial charge on any atom is -0.399 e. The number of tetrazole rings is 1. The summed E-state index contributed by atoms with van der Waals surface area (Å²) in [7, 11) is 0. The number of nitrogens with two attached hydrogens (primary N) is 1. The number of hydrogen-bond donors (Lipinski definition) is 1. The molecule has 0 amide bonds. The van der Waals surface area contributed by atoms with Crippen molar-refractivity contribution in [2.45, 2.75) is 19.4 Å². The second-order valence-electron chi connectivity index (χ2n) is 4.92. The fourth-order valence-electron chi connectivity index (χ4n) is 2.21. The van der Waals surface area contributed by atoms with Crippen molar-refractivity contribution in [2.24, 2.45) is 0 Å². The van der Waals surface area contributed by atoms with Gasteiger partial charge in [-0.05, 0) is 35.8 Å². The number of anilines is 1. The van der Waals surface area contributed by atoms with Gasteiger partial charge in [-0.3, -0.25) is 0 Å². The molecule has 21 heavy (non-hydrogen) atoms. The molecule has 0 bridgehead atoms. The third-order valence-corrected chi connectivity index (χ3v) is 3.26. The van der Waals surface area contributed by atoms with Crippen LogP contribution in [0.3, 0.4) is 0 Å². The summed E-state index contributed by atoms with van der Waals surface area (Å²) in [4.78, 5) is 1.65. The Morgan fingerprint density at radius 3 is 2.67 bits per heavy atom. The Kier molecular flexibility index (Phi) is 3.91. The van der Waals surface area contributed by atoms with E-state index in [0.717, 1.165) is 30.6 Å². The van der Waals surface area contributed by atoms with Crippen LogP contribution < -0.4 is 5.73 Å². The first kappa shape index (κ1) is 13.3. The fourth-order valence-corrected chi connectivity index (χ4v) is 2.21. The van der Waals surface area contributed by atoms with Gasteiger partial charge in [-0.15, -0.1) is 10.2 Å². The molecule has 0 saturated heterocycles. The molecule has 0 unspecified atom stereocenters. The van der Waals surface area contributed by atoms with Crippen molar-refractivity contribution >= 4 is 5.69 Å². The number of hydrogen-bond acceptors (Lipinski definition) is 4. The normalized spacial score (nSPS) is 10.7. The summed E-state index contributed by atoms with van der Waals surface area (Å²) in [6, 6.07) is 17.8. The Morgan fingerprint density at radius 1 is 1.00 bits per heavy atom. The predicted molar refractivity (Wildman–Crippen MR) is 82.4 cm³/mol. The highest BCUT2D eigenvalue weighted by Gasteiger charge is 2.04. The lowest BCUT2D eigenvalue weighted by atomic mass is 10.1. The second kappa shape index (κ2) is 6.17. The average molecular weight is 279 g/mol. The topological polar surface area (TPSA) is 69.6 Å². The van der Waals surface area contributed by atoms with Gasteiger partial charge >= 0.3 is 0 Å². The minimum absolute atomic E-state index is 0.666. The summed E-state index contributed by atoms with van der Waals surface area (Å²) in [6.45, 7) is 0.745. The molecule has 3 aromatic rings. The lowest BCUT2D eigenvalue weighted by Crippen LogP contribution is -2.04. The van der Waals surface area contributed by atoms with E-state index in [1.54, 1.807) is 4.80 Å². The second-order valence-corrected chi connectivity index (χ2v) is 4.92. The molecular formula is C16H17N5. The Morgan fingerprint density at radius 2 is 1.86 bits per heavy atom. The minimum atomic E-state index is 0.666. The molecule has 0 fully saturated rings. The van der Waals surface area contributed by atoms with Crippen LogP contribution >= 0.6 is 0 Å². The van der Waals surface area contributed by atoms with Crippen molar-refractivity contribution in [3.05, 3.63) is 60.2 Å². The van der Waals surface area contributed by atoms with Crippen LogP contribution in [-0.2, 0) is 13.0 Å². The Bertz CT molecular complexity index is 705. The molecule has 1 heterocycles. The molecule has 2 N–H and O–H groups in total. The molecule has 106 valence electrons. The zero-order valence-corrected chi connectivity index (χ0v) is 11.7. The predicted octanol–water partition coefficient (Wildman–Crippen LogP) is 2.56. The third-order valence-electron chi connectivity index (χ3n) is 3.26. The molecule has 0 aliphatic rings. The van der Waals surface area contributed by atoms with Crippen LogP contribution in [0.1, 0.15) is 12.0 Å². The number of nitrogen functional groups attached to an aromatic ring is 1. The lowest BCUT2D eigenvalue weighted by molar-refractivity contribution is 0.500. The lowest BCUT2D eigenvalue weighted by Gasteiger charge is -2.02. The van der Waals surface area contributed by atoms with E-state index >= 15 is 0 Å². The van der Waals surface area contributed by atoms with E-state index in [1.807, 2.05) is 48.5 Å². The molecule has 0 radical (unpaired) electrons. The summed E-state index contributed by atoms with van der Waals surface area (Å²) in [5.74, 6) is 0.666. The van der Waals surface area contributed by atoms with Crippen molar-refractivity contribution in [1.29, 1.82) is 0 Å². The van der Waals surface area contributed by atoms with E-state index in [-0.39, 0.29) is 0 Å². The van der Waals surface area contributed by atoms with Gasteiger partial charge < -0.3 is 5.73 Å². The van der Waals surface area contributed by atoms with Crippen molar-refractivity contribution in [3.63, 3.8) is 0 Å². The number of benzene rings is 2. The van der Waals surface area contributed by atoms with Gasteiger partial charge in [-0.1, -0.05) is 42.5 Å². The molecular weight excluding hydrogens is 262 g/mol. The first-order valence-corrected chi connectivity index (χ1v) is 6.99. The Labute approximate surface area is 123 Å². The van der Waals surface area contributed by atoms with Gasteiger partial charge in [-0.25, -0.2) is 0 Å². The summed E-state index contributed by atoms with van der Waals surface area (Å²) >= 11 is 0. The fraction of sp³-hybridized carbons (Fsp3) is 0.188. The van der Waals surface area contributed by atoms with Gasteiger partial charge in [0.25, 0.3) is 0 Å². The highest BCUT2D eigenvalue weighted by atomic mass is 15.6. The van der Waals surface area contributed by atoms with E-state index in [2.05, 4.69) is 21.5 Å². The molecule has 0 aliphatic heterocycles. The highest BCUT2D eigenvalue weighted by molar-refractivity contribution is 5.52. The molecule has 5 nitrogen and oxygen atoms in total. The molecule has 0 saturated carbocycles. The van der Waals surface area contributed by atoms with Gasteiger partial charge in [-0.2, -0.15) is 4.80 Å². The van der Waals surface area contributed by atoms with Crippen molar-refractivity contribution in [1.82, 2.24) is 20.2 Å². The number of aromatic nitrogens is 4. The van der Waals surface area contributed by atoms with Crippen molar-refractivity contribution in [3.8, 4) is 11.4 Å². The van der Waals surface area contributed by atoms with Gasteiger partial charge in [0.05, 0.1) is 6.54 Å². The molecule has 2 aromatic carbocycles. The van der Waals surface area contributed by atoms with Crippen LogP contribution in [-0.4, -0.2) is 20.2 Å². The largest absolute Gasteiger partial charge is 0.399 e. The molecule has 0 spiro atoms. The van der Waals surface area contributed by atoms with Crippen LogP contribution in [0.2, 0.25) is 0 Å². The third kappa shape index (κ3) is 3.45. The first-order chi connectivity index (χ1) is 10.3. The Hall–Kier alpha value is -2.69. The quantitative estimate of drug-likeness (QED) is 0.729. The van der Waals surface area contributed by atoms with Crippen LogP contribution in [0, 0.1) is 0 Å². The van der Waals surface area contributed by atoms with Gasteiger partial charge in [0.15, 0.2) is 0 Å².